The highest BCUT2D eigenvalue weighted by molar-refractivity contribution is 7.91. The van der Waals surface area contributed by atoms with Crippen molar-refractivity contribution >= 4 is 9.84 Å². The minimum absolute atomic E-state index is 0.0646. The zero-order chi connectivity index (χ0) is 9.35. The molecular weight excluding hydrogens is 176 g/mol. The second-order valence-corrected chi connectivity index (χ2v) is 5.61. The van der Waals surface area contributed by atoms with E-state index in [1.807, 2.05) is 13.1 Å². The van der Waals surface area contributed by atoms with E-state index in [-0.39, 0.29) is 11.3 Å². The molecule has 0 aromatic heterocycles. The van der Waals surface area contributed by atoms with Gasteiger partial charge in [-0.25, -0.2) is 8.42 Å². The summed E-state index contributed by atoms with van der Waals surface area (Å²) in [5.74, 6) is 0. The number of nitrogens with zero attached hydrogens (tertiary/aromatic N) is 2. The van der Waals surface area contributed by atoms with Crippen LogP contribution in [-0.2, 0) is 9.84 Å². The highest BCUT2D eigenvalue weighted by Crippen LogP contribution is 2.21. The van der Waals surface area contributed by atoms with Crippen molar-refractivity contribution in [3.63, 3.8) is 0 Å². The standard InChI is InChI=1S/C7H12N2O2S/c1-6-3-7(12(2,10)11)4-9(6)5-8/h6-7H,3-4H2,1-2H3. The van der Waals surface area contributed by atoms with Crippen LogP contribution in [0, 0.1) is 11.5 Å². The third kappa shape index (κ3) is 1.69. The van der Waals surface area contributed by atoms with Crippen molar-refractivity contribution in [3.05, 3.63) is 0 Å². The average Bonchev–Trinajstić information content (AvgIpc) is 2.29. The van der Waals surface area contributed by atoms with Gasteiger partial charge < -0.3 is 4.90 Å². The lowest BCUT2D eigenvalue weighted by molar-refractivity contribution is 0.388. The number of likely N-dealkylation sites (tertiary alicyclic amines) is 1. The van der Waals surface area contributed by atoms with Gasteiger partial charge in [-0.05, 0) is 13.3 Å². The Hall–Kier alpha value is -0.760. The van der Waals surface area contributed by atoms with Crippen molar-refractivity contribution in [2.45, 2.75) is 24.6 Å². The smallest absolute Gasteiger partial charge is 0.179 e. The number of rotatable bonds is 1. The minimum atomic E-state index is -2.97. The molecule has 1 rings (SSSR count). The van der Waals surface area contributed by atoms with Gasteiger partial charge in [-0.15, -0.1) is 0 Å². The summed E-state index contributed by atoms with van der Waals surface area (Å²) in [5, 5.41) is 8.25. The number of hydrogen-bond donors (Lipinski definition) is 0. The molecule has 0 aromatic rings. The molecule has 2 atom stereocenters. The molecule has 4 nitrogen and oxygen atoms in total. The Kier molecular flexibility index (Phi) is 2.29. The lowest BCUT2D eigenvalue weighted by Gasteiger charge is -2.10. The molecule has 0 aromatic carbocycles. The van der Waals surface area contributed by atoms with Crippen molar-refractivity contribution in [2.75, 3.05) is 12.8 Å². The third-order valence-electron chi connectivity index (χ3n) is 2.27. The van der Waals surface area contributed by atoms with Crippen LogP contribution in [0.1, 0.15) is 13.3 Å². The normalized spacial score (nSPS) is 30.2. The average molecular weight is 188 g/mol. The third-order valence-corrected chi connectivity index (χ3v) is 3.82. The second-order valence-electron chi connectivity index (χ2n) is 3.29. The molecule has 0 radical (unpaired) electrons. The Morgan fingerprint density at radius 3 is 2.42 bits per heavy atom. The minimum Gasteiger partial charge on any atom is -0.307 e. The number of nitriles is 1. The predicted molar refractivity (Wildman–Crippen MR) is 45.0 cm³/mol. The molecule has 1 aliphatic rings. The molecular formula is C7H12N2O2S. The first-order valence-corrected chi connectivity index (χ1v) is 5.76. The van der Waals surface area contributed by atoms with Crippen molar-refractivity contribution in [1.29, 1.82) is 5.26 Å². The fourth-order valence-electron chi connectivity index (χ4n) is 1.43. The van der Waals surface area contributed by atoms with Gasteiger partial charge in [0.1, 0.15) is 0 Å². The Morgan fingerprint density at radius 1 is 1.58 bits per heavy atom. The molecule has 0 bridgehead atoms. The van der Waals surface area contributed by atoms with Crippen molar-refractivity contribution in [2.24, 2.45) is 0 Å². The van der Waals surface area contributed by atoms with Gasteiger partial charge in [0.05, 0.1) is 5.25 Å². The first-order valence-electron chi connectivity index (χ1n) is 3.80. The van der Waals surface area contributed by atoms with E-state index in [1.54, 1.807) is 0 Å². The quantitative estimate of drug-likeness (QED) is 0.542. The van der Waals surface area contributed by atoms with Crippen molar-refractivity contribution in [3.8, 4) is 6.19 Å². The fraction of sp³-hybridized carbons (Fsp3) is 0.857. The van der Waals surface area contributed by atoms with E-state index < -0.39 is 9.84 Å². The molecule has 0 amide bonds. The van der Waals surface area contributed by atoms with Gasteiger partial charge in [-0.1, -0.05) is 0 Å². The van der Waals surface area contributed by atoms with Crippen LogP contribution in [0.15, 0.2) is 0 Å². The molecule has 1 fully saturated rings. The summed E-state index contributed by atoms with van der Waals surface area (Å²) in [7, 11) is -2.97. The van der Waals surface area contributed by atoms with Crippen LogP contribution >= 0.6 is 0 Å². The topological polar surface area (TPSA) is 61.2 Å². The van der Waals surface area contributed by atoms with E-state index in [0.29, 0.717) is 13.0 Å². The summed E-state index contributed by atoms with van der Waals surface area (Å²) >= 11 is 0. The fourth-order valence-corrected chi connectivity index (χ4v) is 2.49. The van der Waals surface area contributed by atoms with Crippen LogP contribution in [0.3, 0.4) is 0 Å². The maximum Gasteiger partial charge on any atom is 0.179 e. The Bertz CT molecular complexity index is 304. The van der Waals surface area contributed by atoms with Gasteiger partial charge in [-0.2, -0.15) is 5.26 Å². The van der Waals surface area contributed by atoms with Crippen LogP contribution < -0.4 is 0 Å². The molecule has 0 aliphatic carbocycles. The molecule has 1 aliphatic heterocycles. The van der Waals surface area contributed by atoms with Crippen molar-refractivity contribution < 1.29 is 8.42 Å². The lowest BCUT2D eigenvalue weighted by atomic mass is 10.2. The van der Waals surface area contributed by atoms with Crippen LogP contribution in [0.5, 0.6) is 0 Å². The zero-order valence-corrected chi connectivity index (χ0v) is 8.00. The first kappa shape index (κ1) is 9.33. The highest BCUT2D eigenvalue weighted by Gasteiger charge is 2.34. The first-order chi connectivity index (χ1) is 5.45. The van der Waals surface area contributed by atoms with E-state index in [9.17, 15) is 8.42 Å². The summed E-state index contributed by atoms with van der Waals surface area (Å²) in [6.45, 7) is 2.23. The van der Waals surface area contributed by atoms with Crippen LogP contribution in [0.25, 0.3) is 0 Å². The molecule has 0 spiro atoms. The van der Waals surface area contributed by atoms with Gasteiger partial charge in [0, 0.05) is 18.8 Å². The van der Waals surface area contributed by atoms with Gasteiger partial charge >= 0.3 is 0 Å². The summed E-state index contributed by atoms with van der Waals surface area (Å²) in [4.78, 5) is 1.52. The van der Waals surface area contributed by atoms with Crippen LogP contribution in [-0.4, -0.2) is 37.4 Å². The Labute approximate surface area is 72.7 Å². The lowest BCUT2D eigenvalue weighted by Crippen LogP contribution is -2.24. The van der Waals surface area contributed by atoms with Crippen LogP contribution in [0.2, 0.25) is 0 Å². The van der Waals surface area contributed by atoms with Gasteiger partial charge in [-0.3, -0.25) is 0 Å². The summed E-state index contributed by atoms with van der Waals surface area (Å²) in [6, 6.07) is 0.0646. The van der Waals surface area contributed by atoms with Crippen LogP contribution in [0.4, 0.5) is 0 Å². The second kappa shape index (κ2) is 2.94. The maximum absolute atomic E-state index is 11.1. The monoisotopic (exact) mass is 188 g/mol. The number of hydrogen-bond acceptors (Lipinski definition) is 4. The van der Waals surface area contributed by atoms with Gasteiger partial charge in [0.2, 0.25) is 0 Å². The maximum atomic E-state index is 11.1. The van der Waals surface area contributed by atoms with E-state index in [1.165, 1.54) is 11.2 Å². The highest BCUT2D eigenvalue weighted by atomic mass is 32.2. The zero-order valence-electron chi connectivity index (χ0n) is 7.19. The summed E-state index contributed by atoms with van der Waals surface area (Å²) in [6.07, 6.45) is 3.79. The summed E-state index contributed by atoms with van der Waals surface area (Å²) in [5.41, 5.74) is 0. The van der Waals surface area contributed by atoms with E-state index in [2.05, 4.69) is 0 Å². The van der Waals surface area contributed by atoms with E-state index in [4.69, 9.17) is 5.26 Å². The molecule has 12 heavy (non-hydrogen) atoms. The largest absolute Gasteiger partial charge is 0.307 e. The Balaban J connectivity index is 2.75. The van der Waals surface area contributed by atoms with E-state index >= 15 is 0 Å². The number of sulfone groups is 1. The van der Waals surface area contributed by atoms with Crippen molar-refractivity contribution in [1.82, 2.24) is 4.90 Å². The molecule has 0 N–H and O–H groups in total. The SMILES string of the molecule is CC1CC(S(C)(=O)=O)CN1C#N. The van der Waals surface area contributed by atoms with Gasteiger partial charge in [0.15, 0.2) is 16.0 Å². The summed E-state index contributed by atoms with van der Waals surface area (Å²) < 4.78 is 22.2. The molecule has 1 heterocycles. The molecule has 5 heteroatoms. The van der Waals surface area contributed by atoms with E-state index in [0.717, 1.165) is 0 Å². The molecule has 1 saturated heterocycles. The Morgan fingerprint density at radius 2 is 2.17 bits per heavy atom. The predicted octanol–water partition coefficient (Wildman–Crippen LogP) is -0.0251. The molecule has 68 valence electrons. The van der Waals surface area contributed by atoms with Gasteiger partial charge in [0.25, 0.3) is 0 Å². The molecule has 2 unspecified atom stereocenters. The molecule has 0 saturated carbocycles.